The van der Waals surface area contributed by atoms with Crippen LogP contribution in [-0.2, 0) is 25.8 Å². The standard InChI is InChI=1S/2C13H12N.C2H6Si.Hf/c2*1-9-7-11-10-5-3-4-6-12(10)14(2)13(11)8-9;1-3-2;/h2*3-6,8,13H,1-2H3;1-2H3;/q2*-1;;. The van der Waals surface area contributed by atoms with Gasteiger partial charge in [0.1, 0.15) is 0 Å². The molecule has 4 heteroatoms. The quantitative estimate of drug-likeness (QED) is 0.267. The molecule has 6 rings (SSSR count). The van der Waals surface area contributed by atoms with Crippen molar-refractivity contribution in [2.24, 2.45) is 0 Å². The van der Waals surface area contributed by atoms with Crippen LogP contribution in [0.25, 0.3) is 11.1 Å². The summed E-state index contributed by atoms with van der Waals surface area (Å²) in [5.41, 5.74) is 10.5. The van der Waals surface area contributed by atoms with Gasteiger partial charge in [-0.3, -0.25) is 0 Å². The second kappa shape index (κ2) is 10.3. The third-order valence-corrected chi connectivity index (χ3v) is 6.05. The summed E-state index contributed by atoms with van der Waals surface area (Å²) in [6.07, 6.45) is 11.4. The molecule has 2 nitrogen and oxygen atoms in total. The number of para-hydroxylation sites is 2. The summed E-state index contributed by atoms with van der Waals surface area (Å²) >= 11 is 0. The van der Waals surface area contributed by atoms with Crippen LogP contribution in [0.15, 0.2) is 71.8 Å². The Labute approximate surface area is 215 Å². The van der Waals surface area contributed by atoms with Gasteiger partial charge in [0.05, 0.1) is 0 Å². The number of hydrogen-bond acceptors (Lipinski definition) is 2. The molecule has 0 saturated heterocycles. The number of likely N-dealkylation sites (N-methyl/N-ethyl adjacent to an activating group) is 2. The Morgan fingerprint density at radius 1 is 0.688 bits per heavy atom. The van der Waals surface area contributed by atoms with Crippen molar-refractivity contribution in [2.75, 3.05) is 23.9 Å². The minimum Gasteiger partial charge on any atom is -0.386 e. The van der Waals surface area contributed by atoms with Gasteiger partial charge >= 0.3 is 0 Å². The van der Waals surface area contributed by atoms with Gasteiger partial charge < -0.3 is 9.80 Å². The summed E-state index contributed by atoms with van der Waals surface area (Å²) in [6, 6.07) is 17.9. The zero-order valence-electron chi connectivity index (χ0n) is 19.8. The number of rotatable bonds is 0. The Bertz CT molecular complexity index is 1020. The molecule has 0 N–H and O–H groups in total. The van der Waals surface area contributed by atoms with Crippen LogP contribution >= 0.6 is 0 Å². The van der Waals surface area contributed by atoms with Gasteiger partial charge in [0.25, 0.3) is 0 Å². The third-order valence-electron chi connectivity index (χ3n) is 6.05. The summed E-state index contributed by atoms with van der Waals surface area (Å²) in [5.74, 6) is 0. The van der Waals surface area contributed by atoms with Crippen molar-refractivity contribution in [3.05, 3.63) is 95.1 Å². The molecule has 0 spiro atoms. The van der Waals surface area contributed by atoms with E-state index < -0.39 is 0 Å². The minimum atomic E-state index is 0. The predicted octanol–water partition coefficient (Wildman–Crippen LogP) is 6.09. The Morgan fingerprint density at radius 3 is 1.41 bits per heavy atom. The third kappa shape index (κ3) is 4.45. The largest absolute Gasteiger partial charge is 0.386 e. The summed E-state index contributed by atoms with van der Waals surface area (Å²) in [6.45, 7) is 8.53. The summed E-state index contributed by atoms with van der Waals surface area (Å²) < 4.78 is 0. The molecule has 2 heterocycles. The van der Waals surface area contributed by atoms with Crippen molar-refractivity contribution in [1.82, 2.24) is 0 Å². The van der Waals surface area contributed by atoms with Crippen molar-refractivity contribution < 1.29 is 25.8 Å². The average Bonchev–Trinajstić information content (AvgIpc) is 3.47. The van der Waals surface area contributed by atoms with Crippen molar-refractivity contribution in [1.29, 1.82) is 0 Å². The van der Waals surface area contributed by atoms with E-state index in [0.717, 1.165) is 9.52 Å². The Morgan fingerprint density at radius 2 is 1.03 bits per heavy atom. The van der Waals surface area contributed by atoms with Crippen LogP contribution in [0.2, 0.25) is 13.1 Å². The monoisotopic (exact) mass is 602 g/mol. The first kappa shape index (κ1) is 24.7. The molecule has 32 heavy (non-hydrogen) atoms. The van der Waals surface area contributed by atoms with Gasteiger partial charge in [0.15, 0.2) is 0 Å². The Hall–Kier alpha value is -1.91. The van der Waals surface area contributed by atoms with E-state index in [0.29, 0.717) is 12.1 Å². The maximum atomic E-state index is 3.44. The molecule has 2 aliphatic carbocycles. The topological polar surface area (TPSA) is 6.48 Å². The van der Waals surface area contributed by atoms with E-state index in [2.05, 4.69) is 124 Å². The van der Waals surface area contributed by atoms with Crippen LogP contribution in [-0.4, -0.2) is 35.7 Å². The van der Waals surface area contributed by atoms with Crippen LogP contribution in [0.4, 0.5) is 11.4 Å². The van der Waals surface area contributed by atoms with E-state index >= 15 is 0 Å². The fourth-order valence-electron chi connectivity index (χ4n) is 4.68. The molecule has 2 aromatic rings. The van der Waals surface area contributed by atoms with Crippen LogP contribution in [0.1, 0.15) is 25.0 Å². The van der Waals surface area contributed by atoms with Crippen LogP contribution < -0.4 is 9.80 Å². The van der Waals surface area contributed by atoms with E-state index in [1.54, 1.807) is 0 Å². The Kier molecular flexibility index (Phi) is 8.00. The average molecular weight is 601 g/mol. The summed E-state index contributed by atoms with van der Waals surface area (Å²) in [5, 5.41) is 0. The number of anilines is 2. The van der Waals surface area contributed by atoms with E-state index in [1.807, 2.05) is 0 Å². The first-order valence-electron chi connectivity index (χ1n) is 10.8. The molecular formula is C28H30HfN2Si-2. The predicted molar refractivity (Wildman–Crippen MR) is 136 cm³/mol. The summed E-state index contributed by atoms with van der Waals surface area (Å²) in [7, 11) is 5.38. The minimum absolute atomic E-state index is 0. The fourth-order valence-corrected chi connectivity index (χ4v) is 4.68. The van der Waals surface area contributed by atoms with E-state index in [1.165, 1.54) is 44.8 Å². The van der Waals surface area contributed by atoms with Gasteiger partial charge in [0.2, 0.25) is 0 Å². The molecule has 2 aromatic carbocycles. The number of nitrogens with zero attached hydrogens (tertiary/aromatic N) is 2. The molecule has 2 aliphatic heterocycles. The first-order chi connectivity index (χ1) is 15.0. The van der Waals surface area contributed by atoms with E-state index in [-0.39, 0.29) is 25.8 Å². The maximum Gasteiger partial charge on any atom is 0.0307 e. The molecule has 0 bridgehead atoms. The molecule has 0 amide bonds. The van der Waals surface area contributed by atoms with E-state index in [9.17, 15) is 0 Å². The van der Waals surface area contributed by atoms with Crippen molar-refractivity contribution in [3.63, 3.8) is 0 Å². The fraction of sp³-hybridized carbons (Fsp3) is 0.286. The molecule has 162 valence electrons. The normalized spacial score (nSPS) is 20.7. The molecule has 4 aliphatic rings. The van der Waals surface area contributed by atoms with Crippen molar-refractivity contribution in [3.8, 4) is 0 Å². The summed E-state index contributed by atoms with van der Waals surface area (Å²) in [4.78, 5) is 4.63. The molecule has 2 atom stereocenters. The second-order valence-corrected chi connectivity index (χ2v) is 9.42. The molecular weight excluding hydrogens is 571 g/mol. The Balaban J connectivity index is 0.000000157. The van der Waals surface area contributed by atoms with Gasteiger partial charge in [-0.25, -0.2) is 0 Å². The van der Waals surface area contributed by atoms with Crippen LogP contribution in [0, 0.1) is 12.2 Å². The van der Waals surface area contributed by atoms with Gasteiger partial charge in [-0.1, -0.05) is 74.5 Å². The van der Waals surface area contributed by atoms with Gasteiger partial charge in [-0.15, -0.1) is 23.3 Å². The molecule has 2 radical (unpaired) electrons. The van der Waals surface area contributed by atoms with Gasteiger partial charge in [-0.05, 0) is 11.4 Å². The van der Waals surface area contributed by atoms with Crippen molar-refractivity contribution >= 4 is 32.0 Å². The molecule has 0 aromatic heterocycles. The second-order valence-electron chi connectivity index (χ2n) is 8.42. The van der Waals surface area contributed by atoms with E-state index in [4.69, 9.17) is 0 Å². The molecule has 0 saturated carbocycles. The van der Waals surface area contributed by atoms with Gasteiger partial charge in [-0.2, -0.15) is 35.5 Å². The number of allylic oxidation sites excluding steroid dienone is 4. The SMILES string of the molecule is CC1=CC2C(=[C-]1)c1ccccc1N2C.CC1=CC2C(=[C-]1)c1ccccc1N2C.C[Si]C.[Hf]. The van der Waals surface area contributed by atoms with Crippen LogP contribution in [0.3, 0.4) is 0 Å². The number of hydrogen-bond donors (Lipinski definition) is 0. The molecule has 0 fully saturated rings. The van der Waals surface area contributed by atoms with Crippen LogP contribution in [0.5, 0.6) is 0 Å². The smallest absolute Gasteiger partial charge is 0.0307 e. The van der Waals surface area contributed by atoms with Gasteiger partial charge in [0, 0.05) is 61.5 Å². The molecule has 2 unspecified atom stereocenters. The maximum absolute atomic E-state index is 3.44. The zero-order valence-corrected chi connectivity index (χ0v) is 24.4. The number of fused-ring (bicyclic) bond motifs is 6. The van der Waals surface area contributed by atoms with Crippen molar-refractivity contribution in [2.45, 2.75) is 39.0 Å². The first-order valence-corrected chi connectivity index (χ1v) is 12.8. The zero-order chi connectivity index (χ0) is 22.1. The number of benzene rings is 2.